The molecule has 5 rings (SSSR count). The Morgan fingerprint density at radius 2 is 1.51 bits per heavy atom. The minimum Gasteiger partial charge on any atom is -0.498 e. The Bertz CT molecular complexity index is 1370. The zero-order chi connectivity index (χ0) is 27.4. The van der Waals surface area contributed by atoms with Gasteiger partial charge in [0.1, 0.15) is 22.9 Å². The van der Waals surface area contributed by atoms with Crippen LogP contribution in [0.2, 0.25) is 0 Å². The quantitative estimate of drug-likeness (QED) is 0.325. The summed E-state index contributed by atoms with van der Waals surface area (Å²) in [6.45, 7) is -0.322. The predicted molar refractivity (Wildman–Crippen MR) is 142 cm³/mol. The standard InChI is InChI=1S/C29H26N2O7S/c1-36-22-18-39(35)28-24(30-23(32)17-37-21-15-9-4-10-16-21)27(33)31(28)25(22)29(34)38-26(19-11-5-2-6-12-19)20-13-7-3-8-14-20/h2-16,24,26,28H,17-18H2,1H3,(H,30,32). The van der Waals surface area contributed by atoms with Gasteiger partial charge in [-0.2, -0.15) is 0 Å². The lowest BCUT2D eigenvalue weighted by atomic mass is 10.0. The monoisotopic (exact) mass is 546 g/mol. The van der Waals surface area contributed by atoms with E-state index in [1.807, 2.05) is 66.7 Å². The third kappa shape index (κ3) is 5.42. The highest BCUT2D eigenvalue weighted by molar-refractivity contribution is 7.86. The topological polar surface area (TPSA) is 111 Å². The minimum absolute atomic E-state index is 0.0833. The molecule has 0 radical (unpaired) electrons. The van der Waals surface area contributed by atoms with E-state index >= 15 is 0 Å². The van der Waals surface area contributed by atoms with E-state index in [-0.39, 0.29) is 23.8 Å². The summed E-state index contributed by atoms with van der Waals surface area (Å²) in [6.07, 6.45) is -0.751. The van der Waals surface area contributed by atoms with Crippen molar-refractivity contribution in [2.45, 2.75) is 17.5 Å². The molecule has 1 N–H and O–H groups in total. The van der Waals surface area contributed by atoms with Gasteiger partial charge in [-0.3, -0.25) is 18.7 Å². The summed E-state index contributed by atoms with van der Waals surface area (Å²) >= 11 is 0. The molecule has 3 atom stereocenters. The molecule has 3 aromatic carbocycles. The van der Waals surface area contributed by atoms with E-state index in [9.17, 15) is 18.6 Å². The van der Waals surface area contributed by atoms with Crippen molar-refractivity contribution < 1.29 is 32.8 Å². The number of nitrogens with zero attached hydrogens (tertiary/aromatic N) is 1. The zero-order valence-electron chi connectivity index (χ0n) is 21.0. The molecule has 2 aliphatic rings. The summed E-state index contributed by atoms with van der Waals surface area (Å²) in [5.41, 5.74) is 1.37. The molecule has 200 valence electrons. The van der Waals surface area contributed by atoms with Crippen molar-refractivity contribution in [1.82, 2.24) is 10.2 Å². The summed E-state index contributed by atoms with van der Waals surface area (Å²) in [6, 6.07) is 26.1. The highest BCUT2D eigenvalue weighted by Gasteiger charge is 2.58. The molecule has 2 aliphatic heterocycles. The molecule has 1 saturated heterocycles. The average molecular weight is 547 g/mol. The second kappa shape index (κ2) is 11.5. The van der Waals surface area contributed by atoms with Crippen LogP contribution in [0.25, 0.3) is 0 Å². The molecule has 1 fully saturated rings. The van der Waals surface area contributed by atoms with Crippen molar-refractivity contribution in [2.24, 2.45) is 0 Å². The lowest BCUT2D eigenvalue weighted by Gasteiger charge is -2.48. The Balaban J connectivity index is 1.34. The smallest absolute Gasteiger partial charge is 0.359 e. The normalized spacial score (nSPS) is 20.1. The van der Waals surface area contributed by atoms with Gasteiger partial charge in [-0.05, 0) is 23.3 Å². The van der Waals surface area contributed by atoms with Gasteiger partial charge in [0.2, 0.25) is 0 Å². The Kier molecular flexibility index (Phi) is 7.74. The molecular weight excluding hydrogens is 520 g/mol. The van der Waals surface area contributed by atoms with Gasteiger partial charge in [-0.1, -0.05) is 78.9 Å². The number of hydrogen-bond donors (Lipinski definition) is 1. The molecular formula is C29H26N2O7S. The molecule has 2 heterocycles. The third-order valence-electron chi connectivity index (χ3n) is 6.39. The maximum absolute atomic E-state index is 13.6. The summed E-state index contributed by atoms with van der Waals surface area (Å²) in [4.78, 5) is 40.4. The Hall–Kier alpha value is -4.44. The number of ether oxygens (including phenoxy) is 3. The molecule has 0 aliphatic carbocycles. The summed E-state index contributed by atoms with van der Waals surface area (Å²) < 4.78 is 29.8. The van der Waals surface area contributed by atoms with Gasteiger partial charge in [0.05, 0.1) is 23.7 Å². The fraction of sp³-hybridized carbons (Fsp3) is 0.207. The summed E-state index contributed by atoms with van der Waals surface area (Å²) in [5, 5.41) is 1.65. The van der Waals surface area contributed by atoms with E-state index in [2.05, 4.69) is 5.32 Å². The molecule has 0 spiro atoms. The maximum Gasteiger partial charge on any atom is 0.359 e. The van der Waals surface area contributed by atoms with Crippen LogP contribution in [0.5, 0.6) is 5.75 Å². The van der Waals surface area contributed by atoms with E-state index < -0.39 is 46.1 Å². The number of amides is 2. The number of β-lactam (4-membered cyclic amide) rings is 1. The lowest BCUT2D eigenvalue weighted by Crippen LogP contribution is -2.74. The van der Waals surface area contributed by atoms with E-state index in [4.69, 9.17) is 14.2 Å². The first kappa shape index (κ1) is 26.2. The number of esters is 1. The van der Waals surface area contributed by atoms with Gasteiger partial charge in [-0.25, -0.2) is 4.79 Å². The first-order chi connectivity index (χ1) is 19.0. The second-order valence-corrected chi connectivity index (χ2v) is 10.4. The Labute approximate surface area is 227 Å². The van der Waals surface area contributed by atoms with Crippen LogP contribution in [-0.2, 0) is 34.7 Å². The predicted octanol–water partition coefficient (Wildman–Crippen LogP) is 2.67. The van der Waals surface area contributed by atoms with Crippen LogP contribution in [0.1, 0.15) is 17.2 Å². The van der Waals surface area contributed by atoms with E-state index in [0.717, 1.165) is 16.0 Å². The number of rotatable bonds is 9. The van der Waals surface area contributed by atoms with Gasteiger partial charge < -0.3 is 19.5 Å². The van der Waals surface area contributed by atoms with Crippen LogP contribution < -0.4 is 10.1 Å². The molecule has 3 unspecified atom stereocenters. The molecule has 9 nitrogen and oxygen atoms in total. The number of carbonyl (C=O) groups excluding carboxylic acids is 3. The first-order valence-corrected chi connectivity index (χ1v) is 13.6. The van der Waals surface area contributed by atoms with Gasteiger partial charge in [-0.15, -0.1) is 0 Å². The molecule has 2 amide bonds. The molecule has 0 bridgehead atoms. The fourth-order valence-electron chi connectivity index (χ4n) is 4.52. The number of benzene rings is 3. The molecule has 39 heavy (non-hydrogen) atoms. The van der Waals surface area contributed by atoms with Crippen molar-refractivity contribution in [3.05, 3.63) is 114 Å². The SMILES string of the molecule is COC1=C(C(=O)OC(c2ccccc2)c2ccccc2)N2C(=O)C(NC(=O)COc3ccccc3)C2S(=O)C1. The van der Waals surface area contributed by atoms with E-state index in [0.29, 0.717) is 5.75 Å². The fourth-order valence-corrected chi connectivity index (χ4v) is 6.13. The molecule has 3 aromatic rings. The largest absolute Gasteiger partial charge is 0.498 e. The number of nitrogens with one attached hydrogen (secondary N) is 1. The van der Waals surface area contributed by atoms with Crippen LogP contribution in [0.4, 0.5) is 0 Å². The molecule has 0 aromatic heterocycles. The average Bonchev–Trinajstić information content (AvgIpc) is 2.98. The number of fused-ring (bicyclic) bond motifs is 1. The molecule has 10 heteroatoms. The van der Waals surface area contributed by atoms with Gasteiger partial charge in [0.15, 0.2) is 18.4 Å². The highest BCUT2D eigenvalue weighted by Crippen LogP contribution is 2.37. The van der Waals surface area contributed by atoms with Crippen molar-refractivity contribution >= 4 is 28.6 Å². The Morgan fingerprint density at radius 1 is 0.949 bits per heavy atom. The first-order valence-electron chi connectivity index (χ1n) is 12.2. The second-order valence-electron chi connectivity index (χ2n) is 8.85. The third-order valence-corrected chi connectivity index (χ3v) is 7.96. The number of para-hydroxylation sites is 1. The maximum atomic E-state index is 13.6. The zero-order valence-corrected chi connectivity index (χ0v) is 21.8. The number of carbonyl (C=O) groups is 3. The van der Waals surface area contributed by atoms with Crippen LogP contribution in [0.3, 0.4) is 0 Å². The lowest BCUT2D eigenvalue weighted by molar-refractivity contribution is -0.155. The summed E-state index contributed by atoms with van der Waals surface area (Å²) in [7, 11) is -0.285. The number of hydrogen-bond acceptors (Lipinski definition) is 7. The van der Waals surface area contributed by atoms with Gasteiger partial charge >= 0.3 is 5.97 Å². The highest BCUT2D eigenvalue weighted by atomic mass is 32.2. The van der Waals surface area contributed by atoms with E-state index in [1.165, 1.54) is 7.11 Å². The van der Waals surface area contributed by atoms with Gasteiger partial charge in [0.25, 0.3) is 11.8 Å². The van der Waals surface area contributed by atoms with Crippen molar-refractivity contribution in [3.8, 4) is 5.75 Å². The summed E-state index contributed by atoms with van der Waals surface area (Å²) in [5.74, 6) is -1.45. The van der Waals surface area contributed by atoms with Crippen LogP contribution in [0.15, 0.2) is 102 Å². The van der Waals surface area contributed by atoms with Crippen LogP contribution in [-0.4, -0.2) is 57.8 Å². The minimum atomic E-state index is -1.63. The van der Waals surface area contributed by atoms with Gasteiger partial charge in [0, 0.05) is 0 Å². The van der Waals surface area contributed by atoms with E-state index in [1.54, 1.807) is 24.3 Å². The van der Waals surface area contributed by atoms with Crippen molar-refractivity contribution in [2.75, 3.05) is 19.5 Å². The number of methoxy groups -OCH3 is 1. The van der Waals surface area contributed by atoms with Crippen LogP contribution in [0, 0.1) is 0 Å². The van der Waals surface area contributed by atoms with Crippen molar-refractivity contribution in [1.29, 1.82) is 0 Å². The molecule has 0 saturated carbocycles. The van der Waals surface area contributed by atoms with Crippen LogP contribution >= 0.6 is 0 Å². The van der Waals surface area contributed by atoms with Crippen molar-refractivity contribution in [3.63, 3.8) is 0 Å². The Morgan fingerprint density at radius 3 is 2.08 bits per heavy atom.